The first-order valence-corrected chi connectivity index (χ1v) is 11.2. The second kappa shape index (κ2) is 9.30. The van der Waals surface area contributed by atoms with Crippen molar-refractivity contribution >= 4 is 33.2 Å². The number of hydrogen-bond acceptors (Lipinski definition) is 7. The Balaban J connectivity index is 1.73. The molecular weight excluding hydrogens is 436 g/mol. The van der Waals surface area contributed by atoms with Gasteiger partial charge in [-0.1, -0.05) is 23.9 Å². The predicted octanol–water partition coefficient (Wildman–Crippen LogP) is 3.09. The van der Waals surface area contributed by atoms with Crippen LogP contribution < -0.4 is 5.32 Å². The summed E-state index contributed by atoms with van der Waals surface area (Å²) < 4.78 is 51.2. The number of aromatic nitrogens is 4. The van der Waals surface area contributed by atoms with Crippen molar-refractivity contribution in [1.29, 1.82) is 0 Å². The van der Waals surface area contributed by atoms with Crippen LogP contribution in [-0.2, 0) is 21.2 Å². The van der Waals surface area contributed by atoms with E-state index in [2.05, 4.69) is 20.5 Å². The molecule has 8 nitrogen and oxygen atoms in total. The lowest BCUT2D eigenvalue weighted by Crippen LogP contribution is -2.19. The van der Waals surface area contributed by atoms with Gasteiger partial charge in [-0.15, -0.1) is 10.2 Å². The van der Waals surface area contributed by atoms with Gasteiger partial charge in [-0.3, -0.25) is 9.78 Å². The maximum Gasteiger partial charge on any atom is 0.341 e. The second-order valence-corrected chi connectivity index (χ2v) is 8.75. The Bertz CT molecular complexity index is 1140. The van der Waals surface area contributed by atoms with Gasteiger partial charge in [-0.05, 0) is 31.2 Å². The summed E-state index contributed by atoms with van der Waals surface area (Å²) in [5, 5.41) is 11.1. The van der Waals surface area contributed by atoms with Gasteiger partial charge in [0.25, 0.3) is 0 Å². The summed E-state index contributed by atoms with van der Waals surface area (Å²) in [7, 11) is -4.84. The summed E-state index contributed by atoms with van der Waals surface area (Å²) in [4.78, 5) is 15.7. The topological polar surface area (TPSA) is 107 Å². The molecule has 0 aliphatic heterocycles. The van der Waals surface area contributed by atoms with Crippen LogP contribution in [0.4, 0.5) is 14.5 Å². The fourth-order valence-electron chi connectivity index (χ4n) is 2.63. The van der Waals surface area contributed by atoms with Crippen molar-refractivity contribution in [3.8, 4) is 11.4 Å². The van der Waals surface area contributed by atoms with Gasteiger partial charge in [-0.2, -0.15) is 8.78 Å². The molecule has 0 unspecified atom stereocenters. The van der Waals surface area contributed by atoms with Crippen LogP contribution in [0.3, 0.4) is 0 Å². The molecular formula is C18H17F2N5O3S2. The van der Waals surface area contributed by atoms with E-state index in [1.54, 1.807) is 24.5 Å². The molecule has 0 atom stereocenters. The molecule has 0 fully saturated rings. The summed E-state index contributed by atoms with van der Waals surface area (Å²) in [5.41, 5.74) is 0.625. The zero-order valence-corrected chi connectivity index (χ0v) is 17.3. The van der Waals surface area contributed by atoms with Crippen LogP contribution in [0.2, 0.25) is 0 Å². The molecule has 0 saturated heterocycles. The first-order valence-electron chi connectivity index (χ1n) is 8.72. The number of para-hydroxylation sites is 1. The molecule has 0 aliphatic rings. The Kier molecular flexibility index (Phi) is 6.77. The van der Waals surface area contributed by atoms with E-state index in [-0.39, 0.29) is 11.4 Å². The summed E-state index contributed by atoms with van der Waals surface area (Å²) >= 11 is 1.10. The Morgan fingerprint density at radius 1 is 1.17 bits per heavy atom. The molecule has 12 heteroatoms. The van der Waals surface area contributed by atoms with Crippen LogP contribution in [0.1, 0.15) is 6.92 Å². The highest BCUT2D eigenvalue weighted by molar-refractivity contribution is 7.99. The average molecular weight is 453 g/mol. The van der Waals surface area contributed by atoms with Crippen LogP contribution >= 0.6 is 11.8 Å². The highest BCUT2D eigenvalue weighted by atomic mass is 32.2. The predicted molar refractivity (Wildman–Crippen MR) is 108 cm³/mol. The summed E-state index contributed by atoms with van der Waals surface area (Å²) in [6.45, 7) is 2.47. The van der Waals surface area contributed by atoms with Crippen LogP contribution in [0, 0.1) is 0 Å². The minimum atomic E-state index is -4.84. The van der Waals surface area contributed by atoms with E-state index < -0.39 is 26.4 Å². The minimum absolute atomic E-state index is 0.114. The molecule has 1 amide bonds. The van der Waals surface area contributed by atoms with Crippen molar-refractivity contribution in [2.24, 2.45) is 0 Å². The highest BCUT2D eigenvalue weighted by Gasteiger charge is 2.29. The van der Waals surface area contributed by atoms with Gasteiger partial charge in [0.05, 0.1) is 16.3 Å². The van der Waals surface area contributed by atoms with Crippen molar-refractivity contribution in [1.82, 2.24) is 19.7 Å². The fraction of sp³-hybridized carbons (Fsp3) is 0.222. The first-order chi connectivity index (χ1) is 14.3. The molecule has 0 saturated carbocycles. The number of amides is 1. The van der Waals surface area contributed by atoms with Crippen molar-refractivity contribution in [3.05, 3.63) is 48.8 Å². The zero-order valence-electron chi connectivity index (χ0n) is 15.7. The maximum atomic E-state index is 12.9. The van der Waals surface area contributed by atoms with Crippen molar-refractivity contribution in [2.45, 2.75) is 29.3 Å². The Morgan fingerprint density at radius 3 is 2.53 bits per heavy atom. The fourth-order valence-corrected chi connectivity index (χ4v) is 4.31. The third-order valence-electron chi connectivity index (χ3n) is 4.01. The van der Waals surface area contributed by atoms with E-state index in [1.807, 2.05) is 11.5 Å². The molecule has 1 N–H and O–H groups in total. The van der Waals surface area contributed by atoms with Crippen molar-refractivity contribution in [2.75, 3.05) is 11.1 Å². The van der Waals surface area contributed by atoms with Crippen molar-refractivity contribution in [3.63, 3.8) is 0 Å². The van der Waals surface area contributed by atoms with Crippen LogP contribution in [-0.4, -0.2) is 45.6 Å². The average Bonchev–Trinajstić information content (AvgIpc) is 3.16. The lowest BCUT2D eigenvalue weighted by Gasteiger charge is -2.11. The number of hydrogen-bond donors (Lipinski definition) is 1. The van der Waals surface area contributed by atoms with Crippen LogP contribution in [0.25, 0.3) is 11.4 Å². The number of thioether (sulfide) groups is 1. The third kappa shape index (κ3) is 4.65. The summed E-state index contributed by atoms with van der Waals surface area (Å²) in [6, 6.07) is 8.62. The number of carbonyl (C=O) groups excluding carboxylic acids is 1. The van der Waals surface area contributed by atoms with Gasteiger partial charge in [0.15, 0.2) is 11.0 Å². The van der Waals surface area contributed by atoms with E-state index in [4.69, 9.17) is 0 Å². The molecule has 0 radical (unpaired) electrons. The van der Waals surface area contributed by atoms with E-state index >= 15 is 0 Å². The second-order valence-electron chi connectivity index (χ2n) is 5.93. The number of rotatable bonds is 8. The van der Waals surface area contributed by atoms with E-state index in [1.165, 1.54) is 18.2 Å². The molecule has 1 aromatic carbocycles. The minimum Gasteiger partial charge on any atom is -0.324 e. The standard InChI is InChI=1S/C18H17F2N5O3S2/c1-2-25-16(12-7-9-21-10-8-12)23-24-18(25)29-11-15(26)22-13-5-3-4-6-14(13)30(27,28)17(19)20/h3-10,17H,2,11H2,1H3,(H,22,26). The summed E-state index contributed by atoms with van der Waals surface area (Å²) in [5.74, 6) is -3.64. The number of carbonyl (C=O) groups is 1. The molecule has 2 aromatic heterocycles. The van der Waals surface area contributed by atoms with Gasteiger partial charge in [0, 0.05) is 24.5 Å². The number of pyridine rings is 1. The molecule has 30 heavy (non-hydrogen) atoms. The lowest BCUT2D eigenvalue weighted by molar-refractivity contribution is -0.113. The lowest BCUT2D eigenvalue weighted by atomic mass is 10.2. The molecule has 2 heterocycles. The molecule has 158 valence electrons. The van der Waals surface area contributed by atoms with Gasteiger partial charge >= 0.3 is 5.76 Å². The van der Waals surface area contributed by atoms with Crippen LogP contribution in [0.15, 0.2) is 58.8 Å². The Hall–Kier alpha value is -2.86. The van der Waals surface area contributed by atoms with Gasteiger partial charge < -0.3 is 9.88 Å². The van der Waals surface area contributed by atoms with Crippen molar-refractivity contribution < 1.29 is 22.0 Å². The summed E-state index contributed by atoms with van der Waals surface area (Å²) in [6.07, 6.45) is 3.27. The van der Waals surface area contributed by atoms with E-state index in [0.29, 0.717) is 17.5 Å². The molecule has 0 aliphatic carbocycles. The number of halogens is 2. The maximum absolute atomic E-state index is 12.9. The van der Waals surface area contributed by atoms with E-state index in [0.717, 1.165) is 23.4 Å². The Morgan fingerprint density at radius 2 is 1.87 bits per heavy atom. The smallest absolute Gasteiger partial charge is 0.324 e. The molecule has 3 aromatic rings. The third-order valence-corrected chi connectivity index (χ3v) is 6.41. The zero-order chi connectivity index (χ0) is 21.7. The van der Waals surface area contributed by atoms with Gasteiger partial charge in [0.1, 0.15) is 0 Å². The van der Waals surface area contributed by atoms with Gasteiger partial charge in [0.2, 0.25) is 15.7 Å². The normalized spacial score (nSPS) is 11.6. The van der Waals surface area contributed by atoms with E-state index in [9.17, 15) is 22.0 Å². The monoisotopic (exact) mass is 453 g/mol. The number of alkyl halides is 2. The largest absolute Gasteiger partial charge is 0.341 e. The highest BCUT2D eigenvalue weighted by Crippen LogP contribution is 2.27. The van der Waals surface area contributed by atoms with Gasteiger partial charge in [-0.25, -0.2) is 8.42 Å². The number of benzene rings is 1. The number of nitrogens with one attached hydrogen (secondary N) is 1. The Labute approximate surface area is 175 Å². The SMILES string of the molecule is CCn1c(SCC(=O)Nc2ccccc2S(=O)(=O)C(F)F)nnc1-c1ccncc1. The number of sulfone groups is 1. The molecule has 3 rings (SSSR count). The number of anilines is 1. The molecule has 0 spiro atoms. The van der Waals surface area contributed by atoms with Crippen LogP contribution in [0.5, 0.6) is 0 Å². The number of nitrogens with zero attached hydrogens (tertiary/aromatic N) is 4. The molecule has 0 bridgehead atoms. The quantitative estimate of drug-likeness (QED) is 0.522. The first kappa shape index (κ1) is 21.8.